The molecule has 218 valence electrons. The molecule has 42 heavy (non-hydrogen) atoms. The first kappa shape index (κ1) is 29.1. The number of rotatable bonds is 9. The van der Waals surface area contributed by atoms with E-state index in [2.05, 4.69) is 4.98 Å². The molecule has 0 saturated carbocycles. The monoisotopic (exact) mass is 586 g/mol. The van der Waals surface area contributed by atoms with Gasteiger partial charge in [-0.25, -0.2) is 8.42 Å². The highest BCUT2D eigenvalue weighted by atomic mass is 32.2. The van der Waals surface area contributed by atoms with Crippen LogP contribution in [0.2, 0.25) is 0 Å². The van der Waals surface area contributed by atoms with Crippen LogP contribution in [-0.4, -0.2) is 37.4 Å². The van der Waals surface area contributed by atoms with Crippen LogP contribution in [0.5, 0.6) is 11.5 Å². The minimum atomic E-state index is -4.43. The lowest BCUT2D eigenvalue weighted by Gasteiger charge is -2.27. The highest BCUT2D eigenvalue weighted by Crippen LogP contribution is 2.44. The van der Waals surface area contributed by atoms with E-state index < -0.39 is 26.0 Å². The fourth-order valence-electron chi connectivity index (χ4n) is 5.35. The minimum absolute atomic E-state index is 0.0186. The lowest BCUT2D eigenvalue weighted by Crippen LogP contribution is -2.26. The summed E-state index contributed by atoms with van der Waals surface area (Å²) in [6, 6.07) is 20.6. The van der Waals surface area contributed by atoms with Crippen molar-refractivity contribution in [2.24, 2.45) is 0 Å². The first-order chi connectivity index (χ1) is 20.3. The van der Waals surface area contributed by atoms with Crippen LogP contribution < -0.4 is 15.2 Å². The van der Waals surface area contributed by atoms with Gasteiger partial charge in [0.2, 0.25) is 9.84 Å². The summed E-state index contributed by atoms with van der Waals surface area (Å²) in [6.45, 7) is 4.73. The number of aromatic hydroxyl groups is 1. The maximum absolute atomic E-state index is 13.9. The molecular formula is C33H34N2O6S. The summed E-state index contributed by atoms with van der Waals surface area (Å²) in [7, 11) is -4.43. The average molecular weight is 587 g/mol. The number of ketones is 1. The van der Waals surface area contributed by atoms with Crippen LogP contribution in [0.25, 0.3) is 11.1 Å². The Morgan fingerprint density at radius 3 is 2.45 bits per heavy atom. The van der Waals surface area contributed by atoms with Gasteiger partial charge in [0.05, 0.1) is 17.2 Å². The average Bonchev–Trinajstić information content (AvgIpc) is 3.22. The molecule has 2 heterocycles. The molecule has 5 rings (SSSR count). The molecule has 0 spiro atoms. The normalized spacial score (nSPS) is 13.2. The standard InChI is InChI=1S/C33H34N2O6S/c1-3-5-13-26-30(35-20-10-21-41-29-15-9-8-14-27(29)35)31(37)32(33(38)34-26)42(39,40)23-18-16-22(17-19-23)24-11-6-7-12-25(24)28(36)4-2/h6-9,11-12,14-19H,3-5,10,13,20-21H2,1-2H3,(H2,34,37,38). The van der Waals surface area contributed by atoms with Crippen LogP contribution in [-0.2, 0) is 16.3 Å². The number of hydrogen-bond donors (Lipinski definition) is 2. The predicted molar refractivity (Wildman–Crippen MR) is 163 cm³/mol. The van der Waals surface area contributed by atoms with Crippen molar-refractivity contribution in [2.45, 2.75) is 55.7 Å². The van der Waals surface area contributed by atoms with E-state index in [1.165, 1.54) is 12.1 Å². The number of aryl methyl sites for hydroxylation is 1. The van der Waals surface area contributed by atoms with Crippen molar-refractivity contribution >= 4 is 27.0 Å². The van der Waals surface area contributed by atoms with Gasteiger partial charge in [-0.2, -0.15) is 0 Å². The summed E-state index contributed by atoms with van der Waals surface area (Å²) in [6.07, 6.45) is 3.02. The van der Waals surface area contributed by atoms with Gasteiger partial charge in [-0.05, 0) is 54.7 Å². The Labute approximate surface area is 245 Å². The molecule has 2 N–H and O–H groups in total. The molecule has 0 bridgehead atoms. The number of benzene rings is 3. The molecule has 0 fully saturated rings. The molecular weight excluding hydrogens is 552 g/mol. The maximum Gasteiger partial charge on any atom is 0.271 e. The van der Waals surface area contributed by atoms with Crippen LogP contribution in [0.15, 0.2) is 87.4 Å². The van der Waals surface area contributed by atoms with Crippen molar-refractivity contribution in [3.63, 3.8) is 0 Å². The van der Waals surface area contributed by atoms with Gasteiger partial charge in [-0.1, -0.05) is 68.8 Å². The number of carbonyl (C=O) groups is 1. The first-order valence-corrected chi connectivity index (χ1v) is 15.7. The van der Waals surface area contributed by atoms with Crippen LogP contribution in [0.4, 0.5) is 11.4 Å². The van der Waals surface area contributed by atoms with Crippen molar-refractivity contribution < 1.29 is 23.1 Å². The van der Waals surface area contributed by atoms with Crippen molar-refractivity contribution in [1.82, 2.24) is 4.98 Å². The number of unbranched alkanes of at least 4 members (excludes halogenated alkanes) is 1. The number of H-pyrrole nitrogens is 1. The number of aromatic amines is 1. The topological polar surface area (TPSA) is 117 Å². The summed E-state index contributed by atoms with van der Waals surface area (Å²) in [4.78, 5) is 29.6. The number of hydrogen-bond acceptors (Lipinski definition) is 7. The Kier molecular flexibility index (Phi) is 8.49. The van der Waals surface area contributed by atoms with Gasteiger partial charge < -0.3 is 19.7 Å². The van der Waals surface area contributed by atoms with Gasteiger partial charge in [0.1, 0.15) is 11.4 Å². The third kappa shape index (κ3) is 5.44. The molecule has 0 saturated heterocycles. The molecule has 1 aliphatic rings. The number of carbonyl (C=O) groups excluding carboxylic acids is 1. The Hall–Kier alpha value is -4.37. The summed E-state index contributed by atoms with van der Waals surface area (Å²) in [5.41, 5.74) is 2.47. The third-order valence-corrected chi connectivity index (χ3v) is 9.29. The summed E-state index contributed by atoms with van der Waals surface area (Å²) in [5, 5.41) is 11.7. The van der Waals surface area contributed by atoms with Crippen LogP contribution in [0.1, 0.15) is 55.6 Å². The van der Waals surface area contributed by atoms with E-state index in [4.69, 9.17) is 4.74 Å². The zero-order valence-corrected chi connectivity index (χ0v) is 24.5. The lowest BCUT2D eigenvalue weighted by atomic mass is 9.96. The van der Waals surface area contributed by atoms with Crippen molar-refractivity contribution in [3.8, 4) is 22.6 Å². The Morgan fingerprint density at radius 2 is 1.71 bits per heavy atom. The van der Waals surface area contributed by atoms with E-state index >= 15 is 0 Å². The quantitative estimate of drug-likeness (QED) is 0.217. The molecule has 3 aromatic carbocycles. The van der Waals surface area contributed by atoms with Gasteiger partial charge in [-0.3, -0.25) is 9.59 Å². The van der Waals surface area contributed by atoms with Crippen LogP contribution in [0, 0.1) is 0 Å². The molecule has 4 aromatic rings. The number of Topliss-reactive ketones (excluding diaryl/α,β-unsaturated/α-hetero) is 1. The number of nitrogens with one attached hydrogen (secondary N) is 1. The molecule has 0 amide bonds. The van der Waals surface area contributed by atoms with Gasteiger partial charge >= 0.3 is 0 Å². The highest BCUT2D eigenvalue weighted by Gasteiger charge is 2.32. The Morgan fingerprint density at radius 1 is 1.00 bits per heavy atom. The minimum Gasteiger partial charge on any atom is -0.504 e. The molecule has 9 heteroatoms. The number of pyridine rings is 1. The number of para-hydroxylation sites is 2. The van der Waals surface area contributed by atoms with Gasteiger partial charge in [-0.15, -0.1) is 0 Å². The fraction of sp³-hybridized carbons (Fsp3) is 0.273. The Bertz CT molecular complexity index is 1780. The molecule has 1 aromatic heterocycles. The van der Waals surface area contributed by atoms with E-state index in [0.29, 0.717) is 66.2 Å². The number of sulfone groups is 1. The molecule has 0 atom stereocenters. The number of ether oxygens (including phenoxy) is 1. The molecule has 0 radical (unpaired) electrons. The van der Waals surface area contributed by atoms with E-state index in [1.807, 2.05) is 48.2 Å². The van der Waals surface area contributed by atoms with E-state index in [1.54, 1.807) is 31.2 Å². The molecule has 0 aliphatic carbocycles. The number of nitrogens with zero attached hydrogens (tertiary/aromatic N) is 1. The van der Waals surface area contributed by atoms with Crippen molar-refractivity contribution in [3.05, 3.63) is 94.4 Å². The SMILES string of the molecule is CCCCc1[nH]c(=O)c(S(=O)(=O)c2ccc(-c3ccccc3C(=O)CC)cc2)c(O)c1N1CCCOc2ccccc21. The Balaban J connectivity index is 1.63. The molecule has 8 nitrogen and oxygen atoms in total. The zero-order chi connectivity index (χ0) is 29.9. The second-order valence-corrected chi connectivity index (χ2v) is 12.1. The number of anilines is 2. The lowest BCUT2D eigenvalue weighted by molar-refractivity contribution is 0.0988. The van der Waals surface area contributed by atoms with Gasteiger partial charge in [0.25, 0.3) is 5.56 Å². The second-order valence-electron chi connectivity index (χ2n) is 10.2. The second kappa shape index (κ2) is 12.2. The van der Waals surface area contributed by atoms with Crippen molar-refractivity contribution in [2.75, 3.05) is 18.1 Å². The van der Waals surface area contributed by atoms with Crippen LogP contribution >= 0.6 is 0 Å². The maximum atomic E-state index is 13.9. The number of aromatic nitrogens is 1. The van der Waals surface area contributed by atoms with E-state index in [0.717, 1.165) is 12.8 Å². The van der Waals surface area contributed by atoms with Gasteiger partial charge in [0, 0.05) is 24.2 Å². The predicted octanol–water partition coefficient (Wildman–Crippen LogP) is 6.44. The summed E-state index contributed by atoms with van der Waals surface area (Å²) >= 11 is 0. The molecule has 0 unspecified atom stereocenters. The van der Waals surface area contributed by atoms with Crippen molar-refractivity contribution in [1.29, 1.82) is 0 Å². The highest BCUT2D eigenvalue weighted by molar-refractivity contribution is 7.91. The van der Waals surface area contributed by atoms with Crippen LogP contribution in [0.3, 0.4) is 0 Å². The molecule has 1 aliphatic heterocycles. The van der Waals surface area contributed by atoms with E-state index in [-0.39, 0.29) is 16.4 Å². The van der Waals surface area contributed by atoms with E-state index in [9.17, 15) is 23.1 Å². The summed E-state index contributed by atoms with van der Waals surface area (Å²) < 4.78 is 33.8. The van der Waals surface area contributed by atoms with Gasteiger partial charge in [0.15, 0.2) is 16.4 Å². The zero-order valence-electron chi connectivity index (χ0n) is 23.7. The largest absolute Gasteiger partial charge is 0.504 e. The summed E-state index contributed by atoms with van der Waals surface area (Å²) in [5.74, 6) is 0.0170. The number of fused-ring (bicyclic) bond motifs is 1. The third-order valence-electron chi connectivity index (χ3n) is 7.48. The smallest absolute Gasteiger partial charge is 0.271 e. The fourth-order valence-corrected chi connectivity index (χ4v) is 6.72. The first-order valence-electron chi connectivity index (χ1n) is 14.2.